The molecule has 2 aliphatic heterocycles. The van der Waals surface area contributed by atoms with Gasteiger partial charge in [0.15, 0.2) is 0 Å². The van der Waals surface area contributed by atoms with Crippen LogP contribution >= 0.6 is 11.6 Å². The summed E-state index contributed by atoms with van der Waals surface area (Å²) in [5.41, 5.74) is 0.881. The molecule has 0 N–H and O–H groups in total. The maximum absolute atomic E-state index is 12.1. The molecule has 0 aromatic carbocycles. The van der Waals surface area contributed by atoms with Crippen LogP contribution in [0.5, 0.6) is 0 Å². The van der Waals surface area contributed by atoms with E-state index in [0.29, 0.717) is 13.1 Å². The minimum atomic E-state index is -0.431. The zero-order valence-electron chi connectivity index (χ0n) is 14.2. The lowest BCUT2D eigenvalue weighted by Crippen LogP contribution is -2.40. The second kappa shape index (κ2) is 7.69. The van der Waals surface area contributed by atoms with E-state index in [2.05, 4.69) is 4.90 Å². The summed E-state index contributed by atoms with van der Waals surface area (Å²) in [7, 11) is 0. The highest BCUT2D eigenvalue weighted by molar-refractivity contribution is 6.30. The van der Waals surface area contributed by atoms with Gasteiger partial charge in [-0.1, -0.05) is 23.6 Å². The van der Waals surface area contributed by atoms with Crippen molar-refractivity contribution in [2.45, 2.75) is 58.5 Å². The zero-order chi connectivity index (χ0) is 16.2. The molecule has 0 atom stereocenters. The number of hydrogen-bond acceptors (Lipinski definition) is 3. The predicted octanol–water partition coefficient (Wildman–Crippen LogP) is 4.00. The summed E-state index contributed by atoms with van der Waals surface area (Å²) in [5, 5.41) is 0.991. The van der Waals surface area contributed by atoms with E-state index < -0.39 is 5.60 Å². The van der Waals surface area contributed by atoms with Gasteiger partial charge in [0.2, 0.25) is 0 Å². The summed E-state index contributed by atoms with van der Waals surface area (Å²) >= 11 is 6.53. The van der Waals surface area contributed by atoms with Gasteiger partial charge in [0.25, 0.3) is 0 Å². The molecule has 5 heteroatoms. The van der Waals surface area contributed by atoms with E-state index >= 15 is 0 Å². The fourth-order valence-electron chi connectivity index (χ4n) is 2.98. The van der Waals surface area contributed by atoms with Crippen LogP contribution in [0.25, 0.3) is 0 Å². The summed E-state index contributed by atoms with van der Waals surface area (Å²) in [6.45, 7) is 10.3. The minimum absolute atomic E-state index is 0.210. The van der Waals surface area contributed by atoms with Gasteiger partial charge in [-0.05, 0) is 59.5 Å². The molecule has 0 bridgehead atoms. The molecule has 0 saturated carbocycles. The monoisotopic (exact) mass is 328 g/mol. The standard InChI is InChI=1S/C17H29ClN2O2/c1-17(2,3)22-16(21)20-11-7-14(8-12-20)15(18)13-19-9-5-4-6-10-19/h4-13H2,1-3H3. The molecule has 2 aliphatic rings. The van der Waals surface area contributed by atoms with Crippen LogP contribution in [0.15, 0.2) is 10.6 Å². The van der Waals surface area contributed by atoms with E-state index in [4.69, 9.17) is 16.3 Å². The number of nitrogens with zero attached hydrogens (tertiary/aromatic N) is 2. The number of ether oxygens (including phenoxy) is 1. The third-order valence-corrected chi connectivity index (χ3v) is 4.60. The largest absolute Gasteiger partial charge is 0.444 e. The predicted molar refractivity (Wildman–Crippen MR) is 90.2 cm³/mol. The normalized spacial score (nSPS) is 20.9. The summed E-state index contributed by atoms with van der Waals surface area (Å²) in [6.07, 6.45) is 5.43. The molecular formula is C17H29ClN2O2. The first-order chi connectivity index (χ1) is 10.3. The van der Waals surface area contributed by atoms with Crippen LogP contribution in [0.3, 0.4) is 0 Å². The number of likely N-dealkylation sites (tertiary alicyclic amines) is 2. The van der Waals surface area contributed by atoms with Crippen molar-refractivity contribution in [2.24, 2.45) is 0 Å². The van der Waals surface area contributed by atoms with Crippen molar-refractivity contribution in [2.75, 3.05) is 32.7 Å². The number of piperidine rings is 2. The third kappa shape index (κ3) is 5.47. The van der Waals surface area contributed by atoms with Gasteiger partial charge in [-0.3, -0.25) is 4.90 Å². The van der Waals surface area contributed by atoms with Gasteiger partial charge >= 0.3 is 6.09 Å². The van der Waals surface area contributed by atoms with Crippen LogP contribution in [-0.2, 0) is 4.74 Å². The van der Waals surface area contributed by atoms with E-state index in [1.54, 1.807) is 4.90 Å². The molecule has 0 aliphatic carbocycles. The molecule has 4 nitrogen and oxygen atoms in total. The highest BCUT2D eigenvalue weighted by Gasteiger charge is 2.25. The molecule has 2 saturated heterocycles. The highest BCUT2D eigenvalue weighted by atomic mass is 35.5. The first kappa shape index (κ1) is 17.6. The molecule has 2 heterocycles. The Morgan fingerprint density at radius 2 is 1.68 bits per heavy atom. The van der Waals surface area contributed by atoms with Crippen molar-refractivity contribution in [1.29, 1.82) is 0 Å². The van der Waals surface area contributed by atoms with Crippen molar-refractivity contribution in [3.05, 3.63) is 10.6 Å². The van der Waals surface area contributed by atoms with E-state index in [1.165, 1.54) is 24.8 Å². The Kier molecular flexibility index (Phi) is 6.16. The summed E-state index contributed by atoms with van der Waals surface area (Å²) in [4.78, 5) is 16.3. The lowest BCUT2D eigenvalue weighted by atomic mass is 10.0. The van der Waals surface area contributed by atoms with Crippen LogP contribution < -0.4 is 0 Å². The number of carbonyl (C=O) groups excluding carboxylic acids is 1. The van der Waals surface area contributed by atoms with Crippen molar-refractivity contribution >= 4 is 17.7 Å². The molecule has 0 unspecified atom stereocenters. The van der Waals surface area contributed by atoms with Crippen molar-refractivity contribution in [3.8, 4) is 0 Å². The first-order valence-electron chi connectivity index (χ1n) is 8.42. The van der Waals surface area contributed by atoms with Crippen LogP contribution in [0, 0.1) is 0 Å². The van der Waals surface area contributed by atoms with E-state index in [1.807, 2.05) is 20.8 Å². The van der Waals surface area contributed by atoms with Crippen LogP contribution in [0.4, 0.5) is 4.79 Å². The highest BCUT2D eigenvalue weighted by Crippen LogP contribution is 2.25. The van der Waals surface area contributed by atoms with Gasteiger partial charge in [-0.2, -0.15) is 0 Å². The SMILES string of the molecule is CC(C)(C)OC(=O)N1CCC(=C(Cl)CN2CCCCC2)CC1. The van der Waals surface area contributed by atoms with Crippen molar-refractivity contribution < 1.29 is 9.53 Å². The van der Waals surface area contributed by atoms with Gasteiger partial charge in [0, 0.05) is 24.7 Å². The Hall–Kier alpha value is -0.740. The molecule has 2 fully saturated rings. The molecule has 0 aromatic rings. The fourth-order valence-corrected chi connectivity index (χ4v) is 3.34. The number of hydrogen-bond donors (Lipinski definition) is 0. The third-order valence-electron chi connectivity index (χ3n) is 4.21. The van der Waals surface area contributed by atoms with Crippen LogP contribution in [0.1, 0.15) is 52.9 Å². The smallest absolute Gasteiger partial charge is 0.410 e. The van der Waals surface area contributed by atoms with E-state index in [9.17, 15) is 4.79 Å². The Morgan fingerprint density at radius 1 is 1.09 bits per heavy atom. The molecule has 0 aromatic heterocycles. The first-order valence-corrected chi connectivity index (χ1v) is 8.79. The minimum Gasteiger partial charge on any atom is -0.444 e. The lowest BCUT2D eigenvalue weighted by Gasteiger charge is -2.32. The summed E-state index contributed by atoms with van der Waals surface area (Å²) in [5.74, 6) is 0. The van der Waals surface area contributed by atoms with Crippen molar-refractivity contribution in [3.63, 3.8) is 0 Å². The van der Waals surface area contributed by atoms with Crippen LogP contribution in [0.2, 0.25) is 0 Å². The Morgan fingerprint density at radius 3 is 2.23 bits per heavy atom. The Balaban J connectivity index is 1.82. The molecule has 0 radical (unpaired) electrons. The van der Waals surface area contributed by atoms with E-state index in [0.717, 1.165) is 37.5 Å². The van der Waals surface area contributed by atoms with Gasteiger partial charge < -0.3 is 9.64 Å². The topological polar surface area (TPSA) is 32.8 Å². The maximum atomic E-state index is 12.1. The Labute approximate surface area is 139 Å². The van der Waals surface area contributed by atoms with Gasteiger partial charge in [0.05, 0.1) is 0 Å². The van der Waals surface area contributed by atoms with E-state index in [-0.39, 0.29) is 6.09 Å². The van der Waals surface area contributed by atoms with Crippen LogP contribution in [-0.4, -0.2) is 54.2 Å². The van der Waals surface area contributed by atoms with Crippen molar-refractivity contribution in [1.82, 2.24) is 9.80 Å². The number of halogens is 1. The molecule has 0 spiro atoms. The van der Waals surface area contributed by atoms with Gasteiger partial charge in [-0.25, -0.2) is 4.79 Å². The van der Waals surface area contributed by atoms with Gasteiger partial charge in [-0.15, -0.1) is 0 Å². The van der Waals surface area contributed by atoms with Gasteiger partial charge in [0.1, 0.15) is 5.60 Å². The fraction of sp³-hybridized carbons (Fsp3) is 0.824. The molecule has 22 heavy (non-hydrogen) atoms. The average Bonchev–Trinajstić information content (AvgIpc) is 2.46. The Bertz CT molecular complexity index is 413. The number of amides is 1. The maximum Gasteiger partial charge on any atom is 0.410 e. The molecule has 1 amide bonds. The number of rotatable bonds is 2. The molecular weight excluding hydrogens is 300 g/mol. The summed E-state index contributed by atoms with van der Waals surface area (Å²) in [6, 6.07) is 0. The lowest BCUT2D eigenvalue weighted by molar-refractivity contribution is 0.0236. The zero-order valence-corrected chi connectivity index (χ0v) is 14.9. The molecule has 2 rings (SSSR count). The average molecular weight is 329 g/mol. The quantitative estimate of drug-likeness (QED) is 0.768. The second-order valence-electron chi connectivity index (χ2n) is 7.31. The molecule has 126 valence electrons. The number of carbonyl (C=O) groups is 1. The summed E-state index contributed by atoms with van der Waals surface area (Å²) < 4.78 is 5.42. The second-order valence-corrected chi connectivity index (χ2v) is 7.77.